The van der Waals surface area contributed by atoms with E-state index < -0.39 is 0 Å². The number of benzene rings is 8. The predicted octanol–water partition coefficient (Wildman–Crippen LogP) is 13.9. The number of para-hydroxylation sites is 3. The molecule has 0 atom stereocenters. The number of fused-ring (bicyclic) bond motifs is 7. The van der Waals surface area contributed by atoms with Gasteiger partial charge in [0.1, 0.15) is 5.82 Å². The van der Waals surface area contributed by atoms with Crippen LogP contribution in [0.1, 0.15) is 0 Å². The molecule has 11 rings (SSSR count). The number of hydrogen-bond acceptors (Lipinski definition) is 3. The molecule has 0 fully saturated rings. The zero-order chi connectivity index (χ0) is 36.3. The van der Waals surface area contributed by atoms with E-state index in [0.29, 0.717) is 0 Å². The zero-order valence-corrected chi connectivity index (χ0v) is 29.8. The molecule has 0 spiro atoms. The number of ether oxygens (including phenoxy) is 1. The van der Waals surface area contributed by atoms with Crippen molar-refractivity contribution < 1.29 is 4.74 Å². The highest BCUT2D eigenvalue weighted by atomic mass is 16.5. The fourth-order valence-corrected chi connectivity index (χ4v) is 8.28. The molecule has 0 saturated heterocycles. The molecule has 4 nitrogen and oxygen atoms in total. The van der Waals surface area contributed by atoms with Crippen LogP contribution in [0.4, 0.5) is 17.1 Å². The maximum Gasteiger partial charge on any atom is 0.151 e. The second-order valence-corrected chi connectivity index (χ2v) is 14.0. The van der Waals surface area contributed by atoms with Gasteiger partial charge >= 0.3 is 0 Å². The van der Waals surface area contributed by atoms with Crippen LogP contribution in [-0.2, 0) is 0 Å². The van der Waals surface area contributed by atoms with E-state index in [1.807, 2.05) is 12.1 Å². The van der Waals surface area contributed by atoms with Crippen molar-refractivity contribution in [3.63, 3.8) is 0 Å². The lowest BCUT2D eigenvalue weighted by atomic mass is 9.96. The molecule has 258 valence electrons. The monoisotopic (exact) mass is 703 g/mol. The summed E-state index contributed by atoms with van der Waals surface area (Å²) >= 11 is 0. The Morgan fingerprint density at radius 3 is 1.95 bits per heavy atom. The summed E-state index contributed by atoms with van der Waals surface area (Å²) in [5, 5.41) is 4.80. The normalized spacial score (nSPS) is 12.1. The lowest BCUT2D eigenvalue weighted by molar-refractivity contribution is 0.477. The predicted molar refractivity (Wildman–Crippen MR) is 227 cm³/mol. The van der Waals surface area contributed by atoms with E-state index in [2.05, 4.69) is 198 Å². The maximum absolute atomic E-state index is 6.54. The third-order valence-corrected chi connectivity index (χ3v) is 10.8. The number of anilines is 3. The largest absolute Gasteiger partial charge is 0.453 e. The Morgan fingerprint density at radius 2 is 1.11 bits per heavy atom. The fraction of sp³-hybridized carbons (Fsp3) is 0. The number of aromatic nitrogens is 2. The van der Waals surface area contributed by atoms with E-state index in [0.717, 1.165) is 78.9 Å². The Labute approximate surface area is 318 Å². The van der Waals surface area contributed by atoms with Crippen LogP contribution in [0.3, 0.4) is 0 Å². The molecular formula is C51H33N3O. The summed E-state index contributed by atoms with van der Waals surface area (Å²) in [7, 11) is 0. The van der Waals surface area contributed by atoms with E-state index in [9.17, 15) is 0 Å². The van der Waals surface area contributed by atoms with Gasteiger partial charge in [-0.2, -0.15) is 0 Å². The van der Waals surface area contributed by atoms with Crippen LogP contribution in [0, 0.1) is 0 Å². The molecule has 10 aromatic rings. The zero-order valence-electron chi connectivity index (χ0n) is 29.8. The van der Waals surface area contributed by atoms with Crippen molar-refractivity contribution in [3.8, 4) is 50.8 Å². The molecule has 2 aromatic heterocycles. The summed E-state index contributed by atoms with van der Waals surface area (Å²) in [6, 6.07) is 70.7. The topological polar surface area (TPSA) is 30.3 Å². The molecule has 1 aliphatic heterocycles. The molecule has 0 aliphatic carbocycles. The minimum Gasteiger partial charge on any atom is -0.453 e. The van der Waals surface area contributed by atoms with E-state index in [1.165, 1.54) is 21.5 Å². The van der Waals surface area contributed by atoms with Crippen molar-refractivity contribution in [2.45, 2.75) is 0 Å². The van der Waals surface area contributed by atoms with Gasteiger partial charge in [-0.1, -0.05) is 140 Å². The lowest BCUT2D eigenvalue weighted by Crippen LogP contribution is -2.15. The van der Waals surface area contributed by atoms with Crippen molar-refractivity contribution in [2.75, 3.05) is 4.90 Å². The van der Waals surface area contributed by atoms with Crippen LogP contribution in [0.25, 0.3) is 71.9 Å². The maximum atomic E-state index is 6.54. The highest BCUT2D eigenvalue weighted by molar-refractivity contribution is 6.25. The first-order valence-corrected chi connectivity index (χ1v) is 18.6. The molecule has 0 unspecified atom stereocenters. The number of pyridine rings is 1. The van der Waals surface area contributed by atoms with Crippen LogP contribution < -0.4 is 9.64 Å². The van der Waals surface area contributed by atoms with Gasteiger partial charge in [-0.25, -0.2) is 4.98 Å². The molecular weight excluding hydrogens is 671 g/mol. The van der Waals surface area contributed by atoms with Crippen LogP contribution in [0.15, 0.2) is 200 Å². The van der Waals surface area contributed by atoms with Gasteiger partial charge in [-0.15, -0.1) is 0 Å². The first-order valence-electron chi connectivity index (χ1n) is 18.6. The minimum atomic E-state index is 0.821. The lowest BCUT2D eigenvalue weighted by Gasteiger charge is -2.33. The van der Waals surface area contributed by atoms with Crippen LogP contribution in [0.5, 0.6) is 11.5 Å². The Balaban J connectivity index is 1.19. The molecule has 0 radical (unpaired) electrons. The second kappa shape index (κ2) is 12.6. The third-order valence-electron chi connectivity index (χ3n) is 10.8. The summed E-state index contributed by atoms with van der Waals surface area (Å²) in [6.45, 7) is 0. The van der Waals surface area contributed by atoms with Gasteiger partial charge in [-0.3, -0.25) is 4.57 Å². The fourth-order valence-electron chi connectivity index (χ4n) is 8.28. The smallest absolute Gasteiger partial charge is 0.151 e. The van der Waals surface area contributed by atoms with Crippen LogP contribution in [-0.4, -0.2) is 9.55 Å². The highest BCUT2D eigenvalue weighted by Gasteiger charge is 2.27. The van der Waals surface area contributed by atoms with Crippen LogP contribution >= 0.6 is 0 Å². The Bertz CT molecular complexity index is 3000. The number of hydrogen-bond donors (Lipinski definition) is 0. The average molecular weight is 704 g/mol. The molecule has 4 heteroatoms. The van der Waals surface area contributed by atoms with Gasteiger partial charge in [0.2, 0.25) is 0 Å². The summed E-state index contributed by atoms with van der Waals surface area (Å²) in [4.78, 5) is 7.72. The van der Waals surface area contributed by atoms with E-state index in [-0.39, 0.29) is 0 Å². The van der Waals surface area contributed by atoms with Gasteiger partial charge in [-0.05, 0) is 93.7 Å². The van der Waals surface area contributed by atoms with E-state index >= 15 is 0 Å². The van der Waals surface area contributed by atoms with E-state index in [1.54, 1.807) is 0 Å². The van der Waals surface area contributed by atoms with Gasteiger partial charge in [0.15, 0.2) is 11.5 Å². The molecule has 0 amide bonds. The second-order valence-electron chi connectivity index (χ2n) is 14.0. The molecule has 0 saturated carbocycles. The SMILES string of the molecule is c1ccc(-c2cc(-c3ccccc3)nc(-n3c4cccc(-c5ccc6c(c5)N(c5ccccc5)c5ccccc5O6)c4c4c5ccccc5ccc43)c2)cc1. The molecule has 0 N–H and O–H groups in total. The quantitative estimate of drug-likeness (QED) is 0.179. The van der Waals surface area contributed by atoms with Crippen molar-refractivity contribution in [1.29, 1.82) is 0 Å². The summed E-state index contributed by atoms with van der Waals surface area (Å²) in [6.07, 6.45) is 0. The van der Waals surface area contributed by atoms with Gasteiger partial charge < -0.3 is 9.64 Å². The Morgan fingerprint density at radius 1 is 0.418 bits per heavy atom. The van der Waals surface area contributed by atoms with Crippen molar-refractivity contribution in [3.05, 3.63) is 200 Å². The van der Waals surface area contributed by atoms with Crippen molar-refractivity contribution in [2.24, 2.45) is 0 Å². The number of nitrogens with zero attached hydrogens (tertiary/aromatic N) is 3. The summed E-state index contributed by atoms with van der Waals surface area (Å²) in [5.74, 6) is 2.53. The third kappa shape index (κ3) is 5.11. The van der Waals surface area contributed by atoms with Gasteiger partial charge in [0.25, 0.3) is 0 Å². The first-order chi connectivity index (χ1) is 27.3. The Kier molecular flexibility index (Phi) is 7.14. The van der Waals surface area contributed by atoms with Gasteiger partial charge in [0, 0.05) is 22.0 Å². The molecule has 3 heterocycles. The minimum absolute atomic E-state index is 0.821. The van der Waals surface area contributed by atoms with Crippen LogP contribution in [0.2, 0.25) is 0 Å². The average Bonchev–Trinajstić information content (AvgIpc) is 3.61. The standard InChI is InChI=1S/C51H33N3O/c1-4-15-34(16-5-1)38-31-42(36-18-6-2-7-19-36)52-49(33-38)54-44-25-14-23-41(51(44)50-40-22-11-10-17-35(40)27-29-45(50)54)37-28-30-48-46(32-37)53(39-20-8-3-9-21-39)43-24-12-13-26-47(43)55-48/h1-33H. The number of rotatable bonds is 5. The summed E-state index contributed by atoms with van der Waals surface area (Å²) in [5.41, 5.74) is 11.8. The van der Waals surface area contributed by atoms with Crippen molar-refractivity contribution in [1.82, 2.24) is 9.55 Å². The molecule has 1 aliphatic rings. The van der Waals surface area contributed by atoms with Gasteiger partial charge in [0.05, 0.1) is 28.1 Å². The molecule has 8 aromatic carbocycles. The van der Waals surface area contributed by atoms with E-state index in [4.69, 9.17) is 9.72 Å². The molecule has 0 bridgehead atoms. The van der Waals surface area contributed by atoms with Crippen molar-refractivity contribution >= 4 is 49.6 Å². The summed E-state index contributed by atoms with van der Waals surface area (Å²) < 4.78 is 8.89. The first kappa shape index (κ1) is 31.1. The highest BCUT2D eigenvalue weighted by Crippen LogP contribution is 2.52. The Hall–Kier alpha value is -7.43. The molecule has 55 heavy (non-hydrogen) atoms.